The van der Waals surface area contributed by atoms with Crippen LogP contribution >= 0.6 is 11.8 Å². The first-order valence-corrected chi connectivity index (χ1v) is 16.7. The molecular formula is C34H40N4O5S. The summed E-state index contributed by atoms with van der Waals surface area (Å²) >= 11 is 1.74. The molecule has 232 valence electrons. The number of esters is 1. The standard InChI is InChI=1S/C34H40N4O5S/c1-2-31(39)43-27-15-13-26(14-16-27)42-20-19-36-21-24(22-36)32(40)37-18-17-30-29(23-37)33(41)38(25-9-5-3-6-10-25)34(35-30)44-28-11-7-4-8-12-28/h3,5-6,9-10,13-16,24,28H,2,4,7-8,11-12,17-23H2,1H3. The van der Waals surface area contributed by atoms with E-state index in [2.05, 4.69) is 4.90 Å². The Labute approximate surface area is 262 Å². The van der Waals surface area contributed by atoms with E-state index in [1.807, 2.05) is 35.2 Å². The number of amides is 1. The van der Waals surface area contributed by atoms with Crippen LogP contribution in [0.25, 0.3) is 5.69 Å². The third kappa shape index (κ3) is 7.02. The van der Waals surface area contributed by atoms with Gasteiger partial charge in [-0.1, -0.05) is 56.1 Å². The summed E-state index contributed by atoms with van der Waals surface area (Å²) in [5.41, 5.74) is 2.25. The van der Waals surface area contributed by atoms with Gasteiger partial charge >= 0.3 is 5.97 Å². The summed E-state index contributed by atoms with van der Waals surface area (Å²) in [5, 5.41) is 1.26. The van der Waals surface area contributed by atoms with Gasteiger partial charge in [0.2, 0.25) is 5.91 Å². The number of hydrogen-bond acceptors (Lipinski definition) is 8. The molecule has 1 aliphatic carbocycles. The normalized spacial score (nSPS) is 17.5. The molecule has 0 radical (unpaired) electrons. The Morgan fingerprint density at radius 3 is 2.43 bits per heavy atom. The molecule has 0 unspecified atom stereocenters. The highest BCUT2D eigenvalue weighted by molar-refractivity contribution is 7.99. The smallest absolute Gasteiger partial charge is 0.310 e. The number of nitrogens with zero attached hydrogens (tertiary/aromatic N) is 4. The van der Waals surface area contributed by atoms with Crippen LogP contribution in [0.5, 0.6) is 11.5 Å². The van der Waals surface area contributed by atoms with Gasteiger partial charge in [-0.3, -0.25) is 23.9 Å². The highest BCUT2D eigenvalue weighted by atomic mass is 32.2. The van der Waals surface area contributed by atoms with Crippen molar-refractivity contribution < 1.29 is 19.1 Å². The highest BCUT2D eigenvalue weighted by Gasteiger charge is 2.37. The van der Waals surface area contributed by atoms with Crippen LogP contribution in [0.1, 0.15) is 56.7 Å². The Morgan fingerprint density at radius 1 is 0.977 bits per heavy atom. The highest BCUT2D eigenvalue weighted by Crippen LogP contribution is 2.34. The number of hydrogen-bond donors (Lipinski definition) is 0. The van der Waals surface area contributed by atoms with Crippen molar-refractivity contribution in [2.75, 3.05) is 32.8 Å². The van der Waals surface area contributed by atoms with E-state index in [0.29, 0.717) is 74.5 Å². The molecule has 1 saturated carbocycles. The molecular weight excluding hydrogens is 576 g/mol. The predicted octanol–water partition coefficient (Wildman–Crippen LogP) is 4.87. The van der Waals surface area contributed by atoms with E-state index in [0.717, 1.165) is 29.4 Å². The van der Waals surface area contributed by atoms with Gasteiger partial charge in [-0.15, -0.1) is 0 Å². The minimum absolute atomic E-state index is 0.0547. The van der Waals surface area contributed by atoms with Crippen LogP contribution in [-0.2, 0) is 22.6 Å². The number of likely N-dealkylation sites (tertiary alicyclic amines) is 1. The third-order valence-corrected chi connectivity index (χ3v) is 9.97. The quantitative estimate of drug-likeness (QED) is 0.181. The van der Waals surface area contributed by atoms with Gasteiger partial charge in [0.1, 0.15) is 18.1 Å². The minimum Gasteiger partial charge on any atom is -0.492 e. The van der Waals surface area contributed by atoms with Crippen molar-refractivity contribution in [3.05, 3.63) is 76.2 Å². The Balaban J connectivity index is 1.05. The number of benzene rings is 2. The summed E-state index contributed by atoms with van der Waals surface area (Å²) in [6.45, 7) is 5.23. The molecule has 0 spiro atoms. The van der Waals surface area contributed by atoms with E-state index in [9.17, 15) is 14.4 Å². The zero-order chi connectivity index (χ0) is 30.5. The maximum absolute atomic E-state index is 14.0. The van der Waals surface area contributed by atoms with Crippen LogP contribution < -0.4 is 15.0 Å². The first-order chi connectivity index (χ1) is 21.5. The number of carbonyl (C=O) groups is 2. The Bertz CT molecular complexity index is 1520. The van der Waals surface area contributed by atoms with Crippen molar-refractivity contribution in [3.8, 4) is 17.2 Å². The molecule has 44 heavy (non-hydrogen) atoms. The second-order valence-electron chi connectivity index (χ2n) is 11.8. The predicted molar refractivity (Wildman–Crippen MR) is 169 cm³/mol. The summed E-state index contributed by atoms with van der Waals surface area (Å²) in [5.74, 6) is 0.970. The molecule has 1 amide bonds. The Morgan fingerprint density at radius 2 is 1.70 bits per heavy atom. The van der Waals surface area contributed by atoms with Gasteiger partial charge in [0.25, 0.3) is 5.56 Å². The molecule has 2 aliphatic heterocycles. The largest absolute Gasteiger partial charge is 0.492 e. The van der Waals surface area contributed by atoms with Crippen molar-refractivity contribution in [2.24, 2.45) is 5.92 Å². The maximum atomic E-state index is 14.0. The lowest BCUT2D eigenvalue weighted by molar-refractivity contribution is -0.142. The monoisotopic (exact) mass is 616 g/mol. The lowest BCUT2D eigenvalue weighted by Crippen LogP contribution is -2.56. The van der Waals surface area contributed by atoms with Crippen LogP contribution in [-0.4, -0.2) is 69.3 Å². The molecule has 2 aromatic carbocycles. The number of rotatable bonds is 10. The molecule has 0 N–H and O–H groups in total. The molecule has 9 nitrogen and oxygen atoms in total. The topological polar surface area (TPSA) is 94.0 Å². The number of ether oxygens (including phenoxy) is 2. The maximum Gasteiger partial charge on any atom is 0.310 e. The Kier molecular flexibility index (Phi) is 9.66. The molecule has 10 heteroatoms. The zero-order valence-electron chi connectivity index (χ0n) is 25.3. The van der Waals surface area contributed by atoms with E-state index >= 15 is 0 Å². The second-order valence-corrected chi connectivity index (χ2v) is 13.1. The van der Waals surface area contributed by atoms with Crippen LogP contribution in [0, 0.1) is 5.92 Å². The number of carbonyl (C=O) groups excluding carboxylic acids is 2. The summed E-state index contributed by atoms with van der Waals surface area (Å²) in [4.78, 5) is 48.0. The van der Waals surface area contributed by atoms with Gasteiger partial charge in [-0.05, 0) is 49.2 Å². The summed E-state index contributed by atoms with van der Waals surface area (Å²) in [7, 11) is 0. The molecule has 3 aliphatic rings. The van der Waals surface area contributed by atoms with Gasteiger partial charge in [0.05, 0.1) is 29.4 Å². The number of thioether (sulfide) groups is 1. The molecule has 0 bridgehead atoms. The fraction of sp³-hybridized carbons (Fsp3) is 0.471. The van der Waals surface area contributed by atoms with Gasteiger partial charge in [0.15, 0.2) is 5.16 Å². The van der Waals surface area contributed by atoms with Crippen molar-refractivity contribution in [1.29, 1.82) is 0 Å². The lowest BCUT2D eigenvalue weighted by atomic mass is 9.96. The van der Waals surface area contributed by atoms with Crippen molar-refractivity contribution in [3.63, 3.8) is 0 Å². The number of para-hydroxylation sites is 1. The number of fused-ring (bicyclic) bond motifs is 1. The van der Waals surface area contributed by atoms with E-state index in [-0.39, 0.29) is 23.4 Å². The minimum atomic E-state index is -0.270. The summed E-state index contributed by atoms with van der Waals surface area (Å²) in [6, 6.07) is 16.8. The molecule has 6 rings (SSSR count). The molecule has 0 atom stereocenters. The van der Waals surface area contributed by atoms with Gasteiger partial charge in [0, 0.05) is 44.3 Å². The van der Waals surface area contributed by atoms with Gasteiger partial charge in [-0.25, -0.2) is 4.98 Å². The first-order valence-electron chi connectivity index (χ1n) is 15.8. The average molecular weight is 617 g/mol. The average Bonchev–Trinajstić information content (AvgIpc) is 3.03. The molecule has 3 aromatic rings. The van der Waals surface area contributed by atoms with Crippen molar-refractivity contribution in [2.45, 2.75) is 68.8 Å². The van der Waals surface area contributed by atoms with E-state index in [4.69, 9.17) is 14.5 Å². The van der Waals surface area contributed by atoms with Gasteiger partial charge < -0.3 is 14.4 Å². The lowest BCUT2D eigenvalue weighted by Gasteiger charge is -2.41. The van der Waals surface area contributed by atoms with Crippen molar-refractivity contribution in [1.82, 2.24) is 19.4 Å². The molecule has 2 fully saturated rings. The summed E-state index contributed by atoms with van der Waals surface area (Å²) < 4.78 is 12.8. The SMILES string of the molecule is CCC(=O)Oc1ccc(OCCN2CC(C(=O)N3CCc4nc(SC5CCCCC5)n(-c5ccccc5)c(=O)c4C3)C2)cc1. The van der Waals surface area contributed by atoms with Gasteiger partial charge in [-0.2, -0.15) is 0 Å². The first kappa shape index (κ1) is 30.4. The van der Waals surface area contributed by atoms with E-state index < -0.39 is 0 Å². The van der Waals surface area contributed by atoms with Crippen LogP contribution in [0.3, 0.4) is 0 Å². The zero-order valence-corrected chi connectivity index (χ0v) is 26.1. The third-order valence-electron chi connectivity index (χ3n) is 8.68. The number of aromatic nitrogens is 2. The van der Waals surface area contributed by atoms with E-state index in [1.54, 1.807) is 47.5 Å². The van der Waals surface area contributed by atoms with Crippen LogP contribution in [0.4, 0.5) is 0 Å². The van der Waals surface area contributed by atoms with E-state index in [1.165, 1.54) is 19.3 Å². The van der Waals surface area contributed by atoms with Crippen LogP contribution in [0.15, 0.2) is 64.5 Å². The fourth-order valence-corrected chi connectivity index (χ4v) is 7.45. The second kappa shape index (κ2) is 14.0. The van der Waals surface area contributed by atoms with Crippen LogP contribution in [0.2, 0.25) is 0 Å². The van der Waals surface area contributed by atoms with Crippen molar-refractivity contribution >= 4 is 23.6 Å². The molecule has 1 saturated heterocycles. The molecule has 3 heterocycles. The molecule has 1 aromatic heterocycles. The summed E-state index contributed by atoms with van der Waals surface area (Å²) in [6.07, 6.45) is 6.99. The Hall–Kier alpha value is -3.63. The fourth-order valence-electron chi connectivity index (χ4n) is 6.13.